The molecule has 3 rings (SSSR count). The van der Waals surface area contributed by atoms with Gasteiger partial charge in [-0.05, 0) is 42.3 Å². The molecule has 0 aromatic heterocycles. The van der Waals surface area contributed by atoms with Crippen molar-refractivity contribution >= 4 is 23.2 Å². The molecule has 0 saturated carbocycles. The maximum atomic E-state index is 12.3. The summed E-state index contributed by atoms with van der Waals surface area (Å²) < 4.78 is 5.36. The Bertz CT molecular complexity index is 710. The Labute approximate surface area is 147 Å². The van der Waals surface area contributed by atoms with E-state index in [2.05, 4.69) is 10.2 Å². The van der Waals surface area contributed by atoms with Crippen LogP contribution in [-0.4, -0.2) is 37.1 Å². The smallest absolute Gasteiger partial charge is 0.257 e. The van der Waals surface area contributed by atoms with Crippen molar-refractivity contribution in [2.75, 3.05) is 31.6 Å². The van der Waals surface area contributed by atoms with E-state index in [4.69, 9.17) is 16.3 Å². The Kier molecular flexibility index (Phi) is 5.51. The van der Waals surface area contributed by atoms with E-state index in [0.717, 1.165) is 44.1 Å². The van der Waals surface area contributed by atoms with Gasteiger partial charge in [0.15, 0.2) is 0 Å². The number of rotatable bonds is 4. The van der Waals surface area contributed by atoms with Gasteiger partial charge in [-0.25, -0.2) is 0 Å². The van der Waals surface area contributed by atoms with Crippen LogP contribution in [0, 0.1) is 6.92 Å². The molecule has 0 unspecified atom stereocenters. The standard InChI is InChI=1S/C19H21ClN2O2/c1-14-2-7-17(18(20)12-14)19(23)21-16-5-3-15(4-6-16)13-22-8-10-24-11-9-22/h2-7,12H,8-11,13H2,1H3,(H,21,23). The highest BCUT2D eigenvalue weighted by Gasteiger charge is 2.12. The molecule has 0 aliphatic carbocycles. The Morgan fingerprint density at radius 2 is 1.88 bits per heavy atom. The van der Waals surface area contributed by atoms with Crippen molar-refractivity contribution in [2.24, 2.45) is 0 Å². The van der Waals surface area contributed by atoms with Gasteiger partial charge in [-0.15, -0.1) is 0 Å². The molecule has 0 radical (unpaired) electrons. The molecule has 1 aliphatic heterocycles. The minimum absolute atomic E-state index is 0.194. The van der Waals surface area contributed by atoms with Gasteiger partial charge in [0.05, 0.1) is 23.8 Å². The van der Waals surface area contributed by atoms with Crippen LogP contribution in [-0.2, 0) is 11.3 Å². The zero-order valence-corrected chi connectivity index (χ0v) is 14.5. The minimum Gasteiger partial charge on any atom is -0.379 e. The first-order valence-corrected chi connectivity index (χ1v) is 8.46. The molecule has 0 atom stereocenters. The largest absolute Gasteiger partial charge is 0.379 e. The van der Waals surface area contributed by atoms with Crippen molar-refractivity contribution in [1.29, 1.82) is 0 Å². The SMILES string of the molecule is Cc1ccc(C(=O)Nc2ccc(CN3CCOCC3)cc2)c(Cl)c1. The highest BCUT2D eigenvalue weighted by molar-refractivity contribution is 6.34. The molecule has 4 nitrogen and oxygen atoms in total. The van der Waals surface area contributed by atoms with E-state index in [-0.39, 0.29) is 5.91 Å². The molecule has 126 valence electrons. The molecule has 1 heterocycles. The van der Waals surface area contributed by atoms with Gasteiger partial charge >= 0.3 is 0 Å². The molecular formula is C19H21ClN2O2. The van der Waals surface area contributed by atoms with E-state index < -0.39 is 0 Å². The molecule has 0 bridgehead atoms. The van der Waals surface area contributed by atoms with Crippen LogP contribution in [0.15, 0.2) is 42.5 Å². The third-order valence-electron chi connectivity index (χ3n) is 4.09. The predicted octanol–water partition coefficient (Wildman–Crippen LogP) is 3.73. The van der Waals surface area contributed by atoms with Gasteiger partial charge in [-0.2, -0.15) is 0 Å². The first kappa shape index (κ1) is 17.0. The molecule has 1 amide bonds. The van der Waals surface area contributed by atoms with E-state index in [1.807, 2.05) is 37.3 Å². The van der Waals surface area contributed by atoms with Gasteiger partial charge < -0.3 is 10.1 Å². The van der Waals surface area contributed by atoms with E-state index in [1.54, 1.807) is 12.1 Å². The van der Waals surface area contributed by atoms with Crippen molar-refractivity contribution in [2.45, 2.75) is 13.5 Å². The zero-order valence-electron chi connectivity index (χ0n) is 13.7. The van der Waals surface area contributed by atoms with Crippen molar-refractivity contribution in [3.05, 3.63) is 64.2 Å². The Morgan fingerprint density at radius 1 is 1.17 bits per heavy atom. The number of hydrogen-bond donors (Lipinski definition) is 1. The normalized spacial score (nSPS) is 15.2. The fourth-order valence-corrected chi connectivity index (χ4v) is 3.03. The molecule has 2 aromatic rings. The fraction of sp³-hybridized carbons (Fsp3) is 0.316. The van der Waals surface area contributed by atoms with Crippen LogP contribution in [0.5, 0.6) is 0 Å². The Balaban J connectivity index is 1.62. The first-order valence-electron chi connectivity index (χ1n) is 8.08. The van der Waals surface area contributed by atoms with E-state index in [1.165, 1.54) is 5.56 Å². The maximum Gasteiger partial charge on any atom is 0.257 e. The summed E-state index contributed by atoms with van der Waals surface area (Å²) in [5.41, 5.74) is 3.51. The van der Waals surface area contributed by atoms with Gasteiger partial charge in [0.2, 0.25) is 0 Å². The lowest BCUT2D eigenvalue weighted by Gasteiger charge is -2.26. The molecule has 5 heteroatoms. The molecular weight excluding hydrogens is 324 g/mol. The highest BCUT2D eigenvalue weighted by atomic mass is 35.5. The van der Waals surface area contributed by atoms with Crippen LogP contribution in [0.4, 0.5) is 5.69 Å². The van der Waals surface area contributed by atoms with Gasteiger partial charge in [-0.3, -0.25) is 9.69 Å². The summed E-state index contributed by atoms with van der Waals surface area (Å²) in [5.74, 6) is -0.194. The number of anilines is 1. The maximum absolute atomic E-state index is 12.3. The second-order valence-corrected chi connectivity index (χ2v) is 6.43. The number of ether oxygens (including phenoxy) is 1. The van der Waals surface area contributed by atoms with Crippen molar-refractivity contribution in [3.8, 4) is 0 Å². The summed E-state index contributed by atoms with van der Waals surface area (Å²) in [6, 6.07) is 13.4. The third-order valence-corrected chi connectivity index (χ3v) is 4.40. The Morgan fingerprint density at radius 3 is 2.54 bits per heavy atom. The van der Waals surface area contributed by atoms with Gasteiger partial charge in [-0.1, -0.05) is 29.8 Å². The molecule has 24 heavy (non-hydrogen) atoms. The van der Waals surface area contributed by atoms with Crippen LogP contribution in [0.3, 0.4) is 0 Å². The summed E-state index contributed by atoms with van der Waals surface area (Å²) in [4.78, 5) is 14.7. The average Bonchev–Trinajstić information content (AvgIpc) is 2.57. The average molecular weight is 345 g/mol. The number of amides is 1. The molecule has 2 aromatic carbocycles. The van der Waals surface area contributed by atoms with Crippen LogP contribution >= 0.6 is 11.6 Å². The number of aryl methyl sites for hydroxylation is 1. The number of carbonyl (C=O) groups excluding carboxylic acids is 1. The number of benzene rings is 2. The van der Waals surface area contributed by atoms with Gasteiger partial charge in [0.1, 0.15) is 0 Å². The number of nitrogens with one attached hydrogen (secondary N) is 1. The van der Waals surface area contributed by atoms with Gasteiger partial charge in [0.25, 0.3) is 5.91 Å². The quantitative estimate of drug-likeness (QED) is 0.918. The second-order valence-electron chi connectivity index (χ2n) is 6.02. The fourth-order valence-electron chi connectivity index (χ4n) is 2.71. The highest BCUT2D eigenvalue weighted by Crippen LogP contribution is 2.20. The van der Waals surface area contributed by atoms with Crippen LogP contribution < -0.4 is 5.32 Å². The summed E-state index contributed by atoms with van der Waals surface area (Å²) in [5, 5.41) is 3.36. The van der Waals surface area contributed by atoms with Crippen molar-refractivity contribution in [3.63, 3.8) is 0 Å². The lowest BCUT2D eigenvalue weighted by atomic mass is 10.1. The molecule has 1 N–H and O–H groups in total. The number of nitrogens with zero attached hydrogens (tertiary/aromatic N) is 1. The van der Waals surface area contributed by atoms with E-state index >= 15 is 0 Å². The molecule has 1 aliphatic rings. The number of halogens is 1. The lowest BCUT2D eigenvalue weighted by molar-refractivity contribution is 0.0342. The van der Waals surface area contributed by atoms with Gasteiger partial charge in [0, 0.05) is 25.3 Å². The Hall–Kier alpha value is -1.88. The van der Waals surface area contributed by atoms with Crippen molar-refractivity contribution in [1.82, 2.24) is 4.90 Å². The summed E-state index contributed by atoms with van der Waals surface area (Å²) in [6.07, 6.45) is 0. The van der Waals surface area contributed by atoms with Crippen LogP contribution in [0.25, 0.3) is 0 Å². The lowest BCUT2D eigenvalue weighted by Crippen LogP contribution is -2.35. The molecule has 1 saturated heterocycles. The summed E-state index contributed by atoms with van der Waals surface area (Å²) >= 11 is 6.15. The van der Waals surface area contributed by atoms with E-state index in [0.29, 0.717) is 10.6 Å². The monoisotopic (exact) mass is 344 g/mol. The van der Waals surface area contributed by atoms with Crippen molar-refractivity contribution < 1.29 is 9.53 Å². The summed E-state index contributed by atoms with van der Waals surface area (Å²) in [7, 11) is 0. The predicted molar refractivity (Wildman–Crippen MR) is 96.7 cm³/mol. The number of hydrogen-bond acceptors (Lipinski definition) is 3. The summed E-state index contributed by atoms with van der Waals surface area (Å²) in [6.45, 7) is 6.37. The van der Waals surface area contributed by atoms with E-state index in [9.17, 15) is 4.79 Å². The van der Waals surface area contributed by atoms with Crippen LogP contribution in [0.1, 0.15) is 21.5 Å². The first-order chi connectivity index (χ1) is 11.6. The topological polar surface area (TPSA) is 41.6 Å². The minimum atomic E-state index is -0.194. The second kappa shape index (κ2) is 7.79. The zero-order chi connectivity index (χ0) is 16.9. The number of carbonyl (C=O) groups is 1. The number of morpholine rings is 1. The molecule has 1 fully saturated rings. The third kappa shape index (κ3) is 4.35. The van der Waals surface area contributed by atoms with Crippen LogP contribution in [0.2, 0.25) is 5.02 Å². The molecule has 0 spiro atoms.